The van der Waals surface area contributed by atoms with Gasteiger partial charge in [-0.05, 0) is 32.4 Å². The predicted octanol–water partition coefficient (Wildman–Crippen LogP) is 2.48. The van der Waals surface area contributed by atoms with E-state index in [1.165, 1.54) is 0 Å². The quantitative estimate of drug-likeness (QED) is 0.741. The van der Waals surface area contributed by atoms with Gasteiger partial charge in [-0.3, -0.25) is 4.79 Å². The molecule has 1 heterocycles. The Balaban J connectivity index is 2.74. The molecule has 0 aromatic carbocycles. The van der Waals surface area contributed by atoms with Crippen molar-refractivity contribution in [1.29, 1.82) is 0 Å². The number of hydrogen-bond donors (Lipinski definition) is 0. The number of alkyl halides is 1. The van der Waals surface area contributed by atoms with E-state index in [-0.39, 0.29) is 5.91 Å². The summed E-state index contributed by atoms with van der Waals surface area (Å²) in [6.45, 7) is 5.22. The van der Waals surface area contributed by atoms with Gasteiger partial charge in [0.15, 0.2) is 0 Å². The Morgan fingerprint density at radius 1 is 1.50 bits per heavy atom. The summed E-state index contributed by atoms with van der Waals surface area (Å²) in [5, 5.41) is 0. The van der Waals surface area contributed by atoms with Gasteiger partial charge < -0.3 is 4.90 Å². The summed E-state index contributed by atoms with van der Waals surface area (Å²) in [7, 11) is 0. The molecule has 0 aliphatic carbocycles. The van der Waals surface area contributed by atoms with Crippen LogP contribution in [0.15, 0.2) is 18.2 Å². The van der Waals surface area contributed by atoms with Gasteiger partial charge in [0.05, 0.1) is 0 Å². The van der Waals surface area contributed by atoms with Crippen molar-refractivity contribution in [3.8, 4) is 0 Å². The monoisotopic (exact) mass is 240 g/mol. The number of aromatic nitrogens is 1. The van der Waals surface area contributed by atoms with Crippen molar-refractivity contribution >= 4 is 17.5 Å². The van der Waals surface area contributed by atoms with Crippen LogP contribution in [0, 0.1) is 6.92 Å². The second kappa shape index (κ2) is 6.48. The van der Waals surface area contributed by atoms with Crippen LogP contribution in [-0.2, 0) is 0 Å². The first-order chi connectivity index (χ1) is 7.69. The van der Waals surface area contributed by atoms with E-state index in [1.807, 2.05) is 26.0 Å². The molecule has 0 atom stereocenters. The molecule has 0 unspecified atom stereocenters. The van der Waals surface area contributed by atoms with Crippen LogP contribution in [0.2, 0.25) is 0 Å². The molecule has 0 saturated carbocycles. The number of carbonyl (C=O) groups is 1. The largest absolute Gasteiger partial charge is 0.338 e. The molecular weight excluding hydrogens is 224 g/mol. The van der Waals surface area contributed by atoms with Crippen LogP contribution in [0.1, 0.15) is 29.5 Å². The highest BCUT2D eigenvalue weighted by Crippen LogP contribution is 2.04. The van der Waals surface area contributed by atoms with E-state index in [4.69, 9.17) is 11.6 Å². The normalized spacial score (nSPS) is 10.2. The van der Waals surface area contributed by atoms with Gasteiger partial charge in [0.1, 0.15) is 5.69 Å². The number of halogens is 1. The third-order valence-corrected chi connectivity index (χ3v) is 2.61. The van der Waals surface area contributed by atoms with E-state index in [0.717, 1.165) is 12.1 Å². The Bertz CT molecular complexity index is 355. The van der Waals surface area contributed by atoms with Gasteiger partial charge in [0.25, 0.3) is 5.91 Å². The van der Waals surface area contributed by atoms with Gasteiger partial charge >= 0.3 is 0 Å². The summed E-state index contributed by atoms with van der Waals surface area (Å²) in [4.78, 5) is 18.0. The SMILES string of the molecule is CCN(CCCCl)C(=O)c1cccc(C)n1. The van der Waals surface area contributed by atoms with Gasteiger partial charge in [0, 0.05) is 24.7 Å². The van der Waals surface area contributed by atoms with E-state index in [1.54, 1.807) is 11.0 Å². The van der Waals surface area contributed by atoms with E-state index in [2.05, 4.69) is 4.98 Å². The van der Waals surface area contributed by atoms with Crippen molar-refractivity contribution in [2.24, 2.45) is 0 Å². The first-order valence-electron chi connectivity index (χ1n) is 5.48. The Morgan fingerprint density at radius 3 is 2.81 bits per heavy atom. The Morgan fingerprint density at radius 2 is 2.25 bits per heavy atom. The van der Waals surface area contributed by atoms with Gasteiger partial charge in [-0.15, -0.1) is 11.6 Å². The highest BCUT2D eigenvalue weighted by atomic mass is 35.5. The highest BCUT2D eigenvalue weighted by molar-refractivity contribution is 6.17. The van der Waals surface area contributed by atoms with E-state index in [9.17, 15) is 4.79 Å². The predicted molar refractivity (Wildman–Crippen MR) is 65.9 cm³/mol. The Kier molecular flexibility index (Phi) is 5.26. The third kappa shape index (κ3) is 3.49. The molecule has 0 fully saturated rings. The molecule has 0 radical (unpaired) electrons. The highest BCUT2D eigenvalue weighted by Gasteiger charge is 2.14. The molecule has 1 amide bonds. The molecule has 0 saturated heterocycles. The number of nitrogens with zero attached hydrogens (tertiary/aromatic N) is 2. The Hall–Kier alpha value is -1.09. The number of carbonyl (C=O) groups excluding carboxylic acids is 1. The van der Waals surface area contributed by atoms with Gasteiger partial charge in [0.2, 0.25) is 0 Å². The lowest BCUT2D eigenvalue weighted by Gasteiger charge is -2.19. The van der Waals surface area contributed by atoms with E-state index < -0.39 is 0 Å². The molecule has 3 nitrogen and oxygen atoms in total. The lowest BCUT2D eigenvalue weighted by atomic mass is 10.2. The van der Waals surface area contributed by atoms with Crippen LogP contribution in [0.3, 0.4) is 0 Å². The maximum Gasteiger partial charge on any atom is 0.272 e. The summed E-state index contributed by atoms with van der Waals surface area (Å²) < 4.78 is 0. The molecule has 4 heteroatoms. The fraction of sp³-hybridized carbons (Fsp3) is 0.500. The maximum absolute atomic E-state index is 12.1. The van der Waals surface area contributed by atoms with Crippen molar-refractivity contribution in [3.63, 3.8) is 0 Å². The first kappa shape index (κ1) is 13.0. The molecule has 1 rings (SSSR count). The van der Waals surface area contributed by atoms with Crippen molar-refractivity contribution in [1.82, 2.24) is 9.88 Å². The molecule has 88 valence electrons. The maximum atomic E-state index is 12.1. The number of aryl methyl sites for hydroxylation is 1. The fourth-order valence-corrected chi connectivity index (χ4v) is 1.60. The fourth-order valence-electron chi connectivity index (χ4n) is 1.48. The molecule has 0 aliphatic heterocycles. The molecular formula is C12H17ClN2O. The van der Waals surface area contributed by atoms with Crippen molar-refractivity contribution in [3.05, 3.63) is 29.6 Å². The second-order valence-corrected chi connectivity index (χ2v) is 3.97. The zero-order valence-corrected chi connectivity index (χ0v) is 10.5. The zero-order valence-electron chi connectivity index (χ0n) is 9.74. The smallest absolute Gasteiger partial charge is 0.272 e. The number of hydrogen-bond acceptors (Lipinski definition) is 2. The number of pyridine rings is 1. The Labute approximate surface area is 101 Å². The van der Waals surface area contributed by atoms with Crippen molar-refractivity contribution < 1.29 is 4.79 Å². The third-order valence-electron chi connectivity index (χ3n) is 2.34. The standard InChI is InChI=1S/C12H17ClN2O/c1-3-15(9-5-8-13)12(16)11-7-4-6-10(2)14-11/h4,6-7H,3,5,8-9H2,1-2H3. The van der Waals surface area contributed by atoms with Gasteiger partial charge in [-0.2, -0.15) is 0 Å². The average Bonchev–Trinajstić information content (AvgIpc) is 2.29. The molecule has 0 aliphatic rings. The summed E-state index contributed by atoms with van der Waals surface area (Å²) >= 11 is 5.62. The molecule has 1 aromatic rings. The number of rotatable bonds is 5. The lowest BCUT2D eigenvalue weighted by Crippen LogP contribution is -2.32. The van der Waals surface area contributed by atoms with E-state index in [0.29, 0.717) is 24.7 Å². The van der Waals surface area contributed by atoms with Crippen LogP contribution in [0.25, 0.3) is 0 Å². The van der Waals surface area contributed by atoms with Crippen LogP contribution in [0.4, 0.5) is 0 Å². The van der Waals surface area contributed by atoms with Crippen LogP contribution in [0.5, 0.6) is 0 Å². The minimum atomic E-state index is -0.0173. The van der Waals surface area contributed by atoms with Crippen LogP contribution < -0.4 is 0 Å². The minimum Gasteiger partial charge on any atom is -0.338 e. The molecule has 1 aromatic heterocycles. The zero-order chi connectivity index (χ0) is 12.0. The summed E-state index contributed by atoms with van der Waals surface area (Å²) in [6, 6.07) is 5.48. The van der Waals surface area contributed by atoms with Gasteiger partial charge in [-0.1, -0.05) is 6.07 Å². The summed E-state index contributed by atoms with van der Waals surface area (Å²) in [5.41, 5.74) is 1.37. The van der Waals surface area contributed by atoms with Crippen LogP contribution >= 0.6 is 11.6 Å². The minimum absolute atomic E-state index is 0.0173. The lowest BCUT2D eigenvalue weighted by molar-refractivity contribution is 0.0759. The summed E-state index contributed by atoms with van der Waals surface area (Å²) in [5.74, 6) is 0.557. The number of amides is 1. The average molecular weight is 241 g/mol. The molecule has 0 spiro atoms. The van der Waals surface area contributed by atoms with Crippen LogP contribution in [-0.4, -0.2) is 34.8 Å². The molecule has 16 heavy (non-hydrogen) atoms. The summed E-state index contributed by atoms with van der Waals surface area (Å²) in [6.07, 6.45) is 0.812. The molecule has 0 N–H and O–H groups in total. The van der Waals surface area contributed by atoms with E-state index >= 15 is 0 Å². The molecule has 0 bridgehead atoms. The van der Waals surface area contributed by atoms with Crippen molar-refractivity contribution in [2.75, 3.05) is 19.0 Å². The van der Waals surface area contributed by atoms with Crippen molar-refractivity contribution in [2.45, 2.75) is 20.3 Å². The second-order valence-electron chi connectivity index (χ2n) is 3.59. The topological polar surface area (TPSA) is 33.2 Å². The first-order valence-corrected chi connectivity index (χ1v) is 6.01. The van der Waals surface area contributed by atoms with Gasteiger partial charge in [-0.25, -0.2) is 4.98 Å².